The molecular weight excluding hydrogens is 358 g/mol. The lowest BCUT2D eigenvalue weighted by Crippen LogP contribution is -2.60. The van der Waals surface area contributed by atoms with Gasteiger partial charge in [0.25, 0.3) is 0 Å². The van der Waals surface area contributed by atoms with Gasteiger partial charge in [-0.25, -0.2) is 0 Å². The van der Waals surface area contributed by atoms with Gasteiger partial charge in [0, 0.05) is 24.9 Å². The fraction of sp³-hybridized carbons (Fsp3) is 0.765. The number of ether oxygens (including phenoxy) is 2. The van der Waals surface area contributed by atoms with Crippen LogP contribution in [0.1, 0.15) is 32.1 Å². The van der Waals surface area contributed by atoms with Crippen LogP contribution in [-0.2, 0) is 14.3 Å². The third-order valence-electron chi connectivity index (χ3n) is 5.86. The van der Waals surface area contributed by atoms with Gasteiger partial charge in [-0.1, -0.05) is 0 Å². The Labute approximate surface area is 156 Å². The summed E-state index contributed by atoms with van der Waals surface area (Å²) in [5, 5.41) is 0.199. The molecule has 0 saturated carbocycles. The van der Waals surface area contributed by atoms with Crippen molar-refractivity contribution in [2.45, 2.75) is 56.3 Å². The fourth-order valence-corrected chi connectivity index (χ4v) is 4.94. The van der Waals surface area contributed by atoms with Crippen LogP contribution in [0.5, 0.6) is 0 Å². The number of morpholine rings is 2. The SMILES string of the molecule is O=C1CC2CCCC(C1)N2c1nc(Cl)nc(N2C3COCC2COC3)n1. The number of aromatic nitrogens is 3. The predicted molar refractivity (Wildman–Crippen MR) is 94.7 cm³/mol. The molecule has 26 heavy (non-hydrogen) atoms. The zero-order valence-corrected chi connectivity index (χ0v) is 15.3. The summed E-state index contributed by atoms with van der Waals surface area (Å²) < 4.78 is 11.3. The van der Waals surface area contributed by atoms with Gasteiger partial charge in [-0.15, -0.1) is 0 Å². The Morgan fingerprint density at radius 3 is 1.85 bits per heavy atom. The second-order valence-electron chi connectivity index (χ2n) is 7.59. The molecule has 0 aliphatic carbocycles. The van der Waals surface area contributed by atoms with Crippen LogP contribution in [0.3, 0.4) is 0 Å². The molecule has 9 heteroatoms. The standard InChI is InChI=1S/C17H22ClN5O3/c18-15-19-16(22-10-2-1-3-11(22)5-14(24)4-10)21-17(20-15)23-12-6-25-8-13(23)9-26-7-12/h10-13H,1-9H2. The van der Waals surface area contributed by atoms with Crippen LogP contribution in [-0.4, -0.2) is 71.3 Å². The van der Waals surface area contributed by atoms with E-state index in [0.29, 0.717) is 56.9 Å². The molecule has 4 aliphatic heterocycles. The first-order chi connectivity index (χ1) is 12.7. The zero-order chi connectivity index (χ0) is 17.7. The van der Waals surface area contributed by atoms with E-state index in [0.717, 1.165) is 19.3 Å². The second-order valence-corrected chi connectivity index (χ2v) is 7.93. The van der Waals surface area contributed by atoms with E-state index < -0.39 is 0 Å². The molecule has 4 saturated heterocycles. The minimum absolute atomic E-state index is 0.0937. The molecule has 0 N–H and O–H groups in total. The Kier molecular flexibility index (Phi) is 4.21. The molecule has 0 radical (unpaired) electrons. The number of piperidine rings is 2. The molecule has 1 aromatic heterocycles. The van der Waals surface area contributed by atoms with Crippen molar-refractivity contribution in [1.29, 1.82) is 0 Å². The van der Waals surface area contributed by atoms with E-state index in [2.05, 4.69) is 19.8 Å². The molecule has 140 valence electrons. The smallest absolute Gasteiger partial charge is 0.232 e. The highest BCUT2D eigenvalue weighted by molar-refractivity contribution is 6.28. The van der Waals surface area contributed by atoms with E-state index in [1.165, 1.54) is 0 Å². The molecule has 4 bridgehead atoms. The summed E-state index contributed by atoms with van der Waals surface area (Å²) in [6, 6.07) is 0.537. The van der Waals surface area contributed by atoms with Crippen molar-refractivity contribution >= 4 is 29.3 Å². The summed E-state index contributed by atoms with van der Waals surface area (Å²) in [7, 11) is 0. The van der Waals surface area contributed by atoms with E-state index in [1.54, 1.807) is 0 Å². The predicted octanol–water partition coefficient (Wildman–Crippen LogP) is 1.22. The quantitative estimate of drug-likeness (QED) is 0.758. The number of anilines is 2. The summed E-state index contributed by atoms with van der Waals surface area (Å²) in [5.41, 5.74) is 0. The molecular formula is C17H22ClN5O3. The van der Waals surface area contributed by atoms with Crippen LogP contribution >= 0.6 is 11.6 Å². The van der Waals surface area contributed by atoms with Crippen LogP contribution in [0.2, 0.25) is 5.28 Å². The number of hydrogen-bond acceptors (Lipinski definition) is 8. The van der Waals surface area contributed by atoms with E-state index in [-0.39, 0.29) is 29.5 Å². The summed E-state index contributed by atoms with van der Waals surface area (Å²) in [4.78, 5) is 30.0. The van der Waals surface area contributed by atoms with Gasteiger partial charge in [0.1, 0.15) is 5.78 Å². The van der Waals surface area contributed by atoms with Gasteiger partial charge in [-0.05, 0) is 30.9 Å². The monoisotopic (exact) mass is 379 g/mol. The molecule has 0 aromatic carbocycles. The van der Waals surface area contributed by atoms with Gasteiger partial charge in [0.2, 0.25) is 17.2 Å². The van der Waals surface area contributed by atoms with Crippen molar-refractivity contribution in [3.8, 4) is 0 Å². The zero-order valence-electron chi connectivity index (χ0n) is 14.5. The number of ketones is 1. The summed E-state index contributed by atoms with van der Waals surface area (Å²) in [6.45, 7) is 2.38. The third kappa shape index (κ3) is 2.84. The van der Waals surface area contributed by atoms with Crippen LogP contribution in [0.25, 0.3) is 0 Å². The highest BCUT2D eigenvalue weighted by Gasteiger charge is 2.41. The van der Waals surface area contributed by atoms with Crippen molar-refractivity contribution in [3.63, 3.8) is 0 Å². The van der Waals surface area contributed by atoms with Gasteiger partial charge in [-0.2, -0.15) is 15.0 Å². The fourth-order valence-electron chi connectivity index (χ4n) is 4.78. The lowest BCUT2D eigenvalue weighted by atomic mass is 9.84. The topological polar surface area (TPSA) is 80.7 Å². The molecule has 2 unspecified atom stereocenters. The van der Waals surface area contributed by atoms with Gasteiger partial charge in [0.05, 0.1) is 38.5 Å². The molecule has 0 amide bonds. The van der Waals surface area contributed by atoms with Crippen LogP contribution in [0.4, 0.5) is 11.9 Å². The van der Waals surface area contributed by atoms with Crippen molar-refractivity contribution in [2.24, 2.45) is 0 Å². The lowest BCUT2D eigenvalue weighted by molar-refractivity contribution is -0.121. The number of Topliss-reactive ketones (excluding diaryl/α,β-unsaturated/α-hetero) is 1. The Balaban J connectivity index is 1.50. The lowest BCUT2D eigenvalue weighted by Gasteiger charge is -2.47. The molecule has 5 rings (SSSR count). The highest BCUT2D eigenvalue weighted by atomic mass is 35.5. The van der Waals surface area contributed by atoms with E-state index in [9.17, 15) is 4.79 Å². The van der Waals surface area contributed by atoms with Gasteiger partial charge >= 0.3 is 0 Å². The first kappa shape index (κ1) is 16.6. The molecule has 5 heterocycles. The van der Waals surface area contributed by atoms with Gasteiger partial charge in [-0.3, -0.25) is 4.79 Å². The molecule has 4 aliphatic rings. The average Bonchev–Trinajstić information content (AvgIpc) is 2.59. The molecule has 4 fully saturated rings. The second kappa shape index (κ2) is 6.58. The minimum Gasteiger partial charge on any atom is -0.377 e. The maximum atomic E-state index is 12.0. The van der Waals surface area contributed by atoms with Gasteiger partial charge < -0.3 is 19.3 Å². The summed E-state index contributed by atoms with van der Waals surface area (Å²) in [6.07, 6.45) is 4.29. The molecule has 8 nitrogen and oxygen atoms in total. The number of hydrogen-bond donors (Lipinski definition) is 0. The molecule has 0 spiro atoms. The van der Waals surface area contributed by atoms with Gasteiger partial charge in [0.15, 0.2) is 0 Å². The molecule has 1 aromatic rings. The number of fused-ring (bicyclic) bond motifs is 4. The minimum atomic E-state index is 0.0937. The van der Waals surface area contributed by atoms with Crippen molar-refractivity contribution in [1.82, 2.24) is 15.0 Å². The number of nitrogens with zero attached hydrogens (tertiary/aromatic N) is 5. The Morgan fingerprint density at radius 1 is 0.808 bits per heavy atom. The van der Waals surface area contributed by atoms with Crippen molar-refractivity contribution < 1.29 is 14.3 Å². The number of rotatable bonds is 2. The van der Waals surface area contributed by atoms with E-state index in [4.69, 9.17) is 26.1 Å². The van der Waals surface area contributed by atoms with E-state index in [1.807, 2.05) is 0 Å². The molecule has 2 atom stereocenters. The Morgan fingerprint density at radius 2 is 1.31 bits per heavy atom. The summed E-state index contributed by atoms with van der Waals surface area (Å²) >= 11 is 6.29. The van der Waals surface area contributed by atoms with Crippen LogP contribution in [0.15, 0.2) is 0 Å². The third-order valence-corrected chi connectivity index (χ3v) is 6.03. The van der Waals surface area contributed by atoms with Crippen molar-refractivity contribution in [2.75, 3.05) is 36.2 Å². The number of carbonyl (C=O) groups is 1. The number of carbonyl (C=O) groups excluding carboxylic acids is 1. The maximum absolute atomic E-state index is 12.0. The first-order valence-corrected chi connectivity index (χ1v) is 9.72. The average molecular weight is 380 g/mol. The normalized spacial score (nSPS) is 34.1. The van der Waals surface area contributed by atoms with Crippen LogP contribution < -0.4 is 9.80 Å². The first-order valence-electron chi connectivity index (χ1n) is 9.34. The van der Waals surface area contributed by atoms with E-state index >= 15 is 0 Å². The van der Waals surface area contributed by atoms with Crippen molar-refractivity contribution in [3.05, 3.63) is 5.28 Å². The number of halogens is 1. The maximum Gasteiger partial charge on any atom is 0.232 e. The highest BCUT2D eigenvalue weighted by Crippen LogP contribution is 2.36. The largest absolute Gasteiger partial charge is 0.377 e. The Hall–Kier alpha value is -1.51. The Bertz CT molecular complexity index is 682. The summed E-state index contributed by atoms with van der Waals surface area (Å²) in [5.74, 6) is 1.54. The van der Waals surface area contributed by atoms with Crippen LogP contribution in [0, 0.1) is 0 Å².